The highest BCUT2D eigenvalue weighted by atomic mass is 35.5. The van der Waals surface area contributed by atoms with Crippen molar-refractivity contribution in [2.75, 3.05) is 0 Å². The van der Waals surface area contributed by atoms with E-state index in [4.69, 9.17) is 11.6 Å². The van der Waals surface area contributed by atoms with Crippen LogP contribution in [0.25, 0.3) is 0 Å². The van der Waals surface area contributed by atoms with E-state index in [0.717, 1.165) is 5.56 Å². The summed E-state index contributed by atoms with van der Waals surface area (Å²) in [6, 6.07) is 9.89. The fourth-order valence-corrected chi connectivity index (χ4v) is 1.37. The van der Waals surface area contributed by atoms with Gasteiger partial charge in [-0.3, -0.25) is 4.79 Å². The maximum absolute atomic E-state index is 10.6. The highest BCUT2D eigenvalue weighted by molar-refractivity contribution is 6.63. The third-order valence-corrected chi connectivity index (χ3v) is 1.99. The first-order valence-electron chi connectivity index (χ1n) is 3.93. The maximum Gasteiger partial charge on any atom is 0.222 e. The number of hydrogen-bond donors (Lipinski definition) is 0. The summed E-state index contributed by atoms with van der Waals surface area (Å²) in [6.45, 7) is 2.00. The minimum Gasteiger partial charge on any atom is -0.281 e. The smallest absolute Gasteiger partial charge is 0.222 e. The molecule has 0 aliphatic rings. The minimum absolute atomic E-state index is 0.219. The van der Waals surface area contributed by atoms with Gasteiger partial charge in [-0.25, -0.2) is 0 Å². The molecule has 1 rings (SSSR count). The summed E-state index contributed by atoms with van der Waals surface area (Å²) in [5, 5.41) is -0.272. The third kappa shape index (κ3) is 2.67. The van der Waals surface area contributed by atoms with Crippen molar-refractivity contribution in [1.82, 2.24) is 0 Å². The molecule has 0 fully saturated rings. The Balaban J connectivity index is 2.65. The van der Waals surface area contributed by atoms with Crippen molar-refractivity contribution in [3.05, 3.63) is 35.9 Å². The first kappa shape index (κ1) is 9.27. The Labute approximate surface area is 77.4 Å². The van der Waals surface area contributed by atoms with Gasteiger partial charge in [-0.2, -0.15) is 0 Å². The van der Waals surface area contributed by atoms with E-state index in [1.54, 1.807) is 0 Å². The van der Waals surface area contributed by atoms with Crippen LogP contribution in [0.3, 0.4) is 0 Å². The number of carbonyl (C=O) groups is 1. The molecular formula is C10H11ClO. The molecule has 0 aliphatic heterocycles. The molecule has 0 unspecified atom stereocenters. The second kappa shape index (κ2) is 4.27. The molecule has 2 heteroatoms. The van der Waals surface area contributed by atoms with Crippen molar-refractivity contribution >= 4 is 16.8 Å². The molecule has 12 heavy (non-hydrogen) atoms. The van der Waals surface area contributed by atoms with Gasteiger partial charge in [-0.15, -0.1) is 0 Å². The highest BCUT2D eigenvalue weighted by Gasteiger charge is 2.07. The molecular weight excluding hydrogens is 172 g/mol. The summed E-state index contributed by atoms with van der Waals surface area (Å²) in [5.74, 6) is 0.219. The summed E-state index contributed by atoms with van der Waals surface area (Å²) in [6.07, 6.45) is 0.408. The zero-order valence-electron chi connectivity index (χ0n) is 6.96. The molecule has 0 saturated heterocycles. The van der Waals surface area contributed by atoms with Gasteiger partial charge in [-0.05, 0) is 23.1 Å². The van der Waals surface area contributed by atoms with Crippen molar-refractivity contribution < 1.29 is 4.79 Å². The monoisotopic (exact) mass is 182 g/mol. The normalized spacial score (nSPS) is 12.5. The molecule has 0 heterocycles. The zero-order valence-corrected chi connectivity index (χ0v) is 7.71. The standard InChI is InChI=1S/C10H11ClO/c1-8(7-10(11)12)9-5-3-2-4-6-9/h2-6,8H,7H2,1H3/t8-/m0/s1. The van der Waals surface area contributed by atoms with Crippen molar-refractivity contribution in [3.63, 3.8) is 0 Å². The molecule has 1 nitrogen and oxygen atoms in total. The Bertz CT molecular complexity index is 256. The predicted molar refractivity (Wildman–Crippen MR) is 50.3 cm³/mol. The lowest BCUT2D eigenvalue weighted by atomic mass is 9.99. The van der Waals surface area contributed by atoms with Crippen LogP contribution in [0.5, 0.6) is 0 Å². The second-order valence-electron chi connectivity index (χ2n) is 2.87. The Kier molecular flexibility index (Phi) is 3.30. The lowest BCUT2D eigenvalue weighted by Gasteiger charge is -2.07. The van der Waals surface area contributed by atoms with Crippen molar-refractivity contribution in [2.45, 2.75) is 19.3 Å². The first-order valence-corrected chi connectivity index (χ1v) is 4.31. The predicted octanol–water partition coefficient (Wildman–Crippen LogP) is 2.95. The lowest BCUT2D eigenvalue weighted by Crippen LogP contribution is -1.97. The van der Waals surface area contributed by atoms with Crippen LogP contribution in [0.1, 0.15) is 24.8 Å². The molecule has 1 aromatic rings. The molecule has 0 bridgehead atoms. The van der Waals surface area contributed by atoms with E-state index in [2.05, 4.69) is 0 Å². The Morgan fingerprint density at radius 3 is 2.50 bits per heavy atom. The van der Waals surface area contributed by atoms with Gasteiger partial charge in [0.15, 0.2) is 0 Å². The van der Waals surface area contributed by atoms with Crippen molar-refractivity contribution in [3.8, 4) is 0 Å². The van der Waals surface area contributed by atoms with Gasteiger partial charge in [-0.1, -0.05) is 37.3 Å². The van der Waals surface area contributed by atoms with E-state index in [1.165, 1.54) is 0 Å². The van der Waals surface area contributed by atoms with Gasteiger partial charge in [0, 0.05) is 6.42 Å². The molecule has 0 aromatic heterocycles. The van der Waals surface area contributed by atoms with Gasteiger partial charge < -0.3 is 0 Å². The van der Waals surface area contributed by atoms with E-state index >= 15 is 0 Å². The van der Waals surface area contributed by atoms with Gasteiger partial charge in [0.1, 0.15) is 0 Å². The molecule has 64 valence electrons. The number of hydrogen-bond acceptors (Lipinski definition) is 1. The van der Waals surface area contributed by atoms with Crippen LogP contribution < -0.4 is 0 Å². The topological polar surface area (TPSA) is 17.1 Å². The molecule has 1 atom stereocenters. The Morgan fingerprint density at radius 2 is 2.00 bits per heavy atom. The second-order valence-corrected chi connectivity index (χ2v) is 3.29. The largest absolute Gasteiger partial charge is 0.281 e. The summed E-state index contributed by atoms with van der Waals surface area (Å²) >= 11 is 5.28. The SMILES string of the molecule is C[C@@H](CC(=O)Cl)c1ccccc1. The fourth-order valence-electron chi connectivity index (χ4n) is 1.14. The van der Waals surface area contributed by atoms with Gasteiger partial charge in [0.2, 0.25) is 5.24 Å². The van der Waals surface area contributed by atoms with Crippen LogP contribution >= 0.6 is 11.6 Å². The number of halogens is 1. The number of benzene rings is 1. The zero-order chi connectivity index (χ0) is 8.97. The number of carbonyl (C=O) groups excluding carboxylic acids is 1. The molecule has 0 radical (unpaired) electrons. The van der Waals surface area contributed by atoms with Gasteiger partial charge in [0.05, 0.1) is 0 Å². The average molecular weight is 183 g/mol. The van der Waals surface area contributed by atoms with E-state index in [9.17, 15) is 4.79 Å². The van der Waals surface area contributed by atoms with Crippen LogP contribution in [0, 0.1) is 0 Å². The average Bonchev–Trinajstić information content (AvgIpc) is 2.05. The molecule has 0 spiro atoms. The van der Waals surface area contributed by atoms with Crippen LogP contribution in [0.2, 0.25) is 0 Å². The summed E-state index contributed by atoms with van der Waals surface area (Å²) < 4.78 is 0. The maximum atomic E-state index is 10.6. The van der Waals surface area contributed by atoms with Crippen LogP contribution in [0.4, 0.5) is 0 Å². The first-order chi connectivity index (χ1) is 5.70. The van der Waals surface area contributed by atoms with E-state index in [-0.39, 0.29) is 11.2 Å². The van der Waals surface area contributed by atoms with Crippen LogP contribution in [0.15, 0.2) is 30.3 Å². The Morgan fingerprint density at radius 1 is 1.42 bits per heavy atom. The van der Waals surface area contributed by atoms with E-state index in [0.29, 0.717) is 6.42 Å². The highest BCUT2D eigenvalue weighted by Crippen LogP contribution is 2.19. The summed E-state index contributed by atoms with van der Waals surface area (Å²) in [4.78, 5) is 10.6. The van der Waals surface area contributed by atoms with Crippen molar-refractivity contribution in [1.29, 1.82) is 0 Å². The Hall–Kier alpha value is -0.820. The molecule has 0 aliphatic carbocycles. The molecule has 1 aromatic carbocycles. The summed E-state index contributed by atoms with van der Waals surface area (Å²) in [5.41, 5.74) is 1.16. The summed E-state index contributed by atoms with van der Waals surface area (Å²) in [7, 11) is 0. The third-order valence-electron chi connectivity index (χ3n) is 1.84. The van der Waals surface area contributed by atoms with E-state index in [1.807, 2.05) is 37.3 Å². The molecule has 0 saturated carbocycles. The molecule has 0 amide bonds. The molecule has 0 N–H and O–H groups in total. The van der Waals surface area contributed by atoms with Crippen molar-refractivity contribution in [2.24, 2.45) is 0 Å². The minimum atomic E-state index is -0.272. The quantitative estimate of drug-likeness (QED) is 0.657. The van der Waals surface area contributed by atoms with Gasteiger partial charge >= 0.3 is 0 Å². The van der Waals surface area contributed by atoms with E-state index < -0.39 is 0 Å². The fraction of sp³-hybridized carbons (Fsp3) is 0.300. The van der Waals surface area contributed by atoms with Crippen LogP contribution in [-0.2, 0) is 4.79 Å². The number of rotatable bonds is 3. The van der Waals surface area contributed by atoms with Crippen LogP contribution in [-0.4, -0.2) is 5.24 Å². The lowest BCUT2D eigenvalue weighted by molar-refractivity contribution is -0.111. The van der Waals surface area contributed by atoms with Gasteiger partial charge in [0.25, 0.3) is 0 Å².